The minimum absolute atomic E-state index is 0.0673. The largest absolute Gasteiger partial charge is 0.350 e. The molecule has 5 rings (SSSR count). The van der Waals surface area contributed by atoms with Crippen molar-refractivity contribution >= 4 is 56.5 Å². The molecular weight excluding hydrogens is 485 g/mol. The quantitative estimate of drug-likeness (QED) is 0.299. The Hall–Kier alpha value is -3.19. The molecule has 5 aromatic rings. The summed E-state index contributed by atoms with van der Waals surface area (Å²) in [5.41, 5.74) is 3.68. The van der Waals surface area contributed by atoms with Gasteiger partial charge in [-0.1, -0.05) is 36.4 Å². The molecule has 0 N–H and O–H groups in total. The Balaban J connectivity index is 1.74. The van der Waals surface area contributed by atoms with Crippen molar-refractivity contribution in [1.82, 2.24) is 14.1 Å². The lowest BCUT2D eigenvalue weighted by molar-refractivity contribution is 0.943. The van der Waals surface area contributed by atoms with Crippen LogP contribution in [-0.2, 0) is 7.05 Å². The molecule has 4 nitrogen and oxygen atoms in total. The molecule has 0 atom stereocenters. The molecule has 0 saturated carbocycles. The Bertz CT molecular complexity index is 1480. The molecule has 0 amide bonds. The van der Waals surface area contributed by atoms with Crippen LogP contribution >= 0.6 is 22.6 Å². The van der Waals surface area contributed by atoms with Gasteiger partial charge in [0.1, 0.15) is 5.82 Å². The average molecular weight is 503 g/mol. The van der Waals surface area contributed by atoms with Crippen molar-refractivity contribution in [2.24, 2.45) is 7.05 Å². The third-order valence-electron chi connectivity index (χ3n) is 5.21. The number of aromatic nitrogens is 3. The number of nitrogens with zero attached hydrogens (tertiary/aromatic N) is 3. The van der Waals surface area contributed by atoms with Crippen LogP contribution in [0.4, 0.5) is 0 Å². The van der Waals surface area contributed by atoms with Gasteiger partial charge in [0.25, 0.3) is 5.56 Å². The fraction of sp³-hybridized carbons (Fsp3) is 0.0400. The van der Waals surface area contributed by atoms with Crippen molar-refractivity contribution in [3.63, 3.8) is 0 Å². The summed E-state index contributed by atoms with van der Waals surface area (Å²) in [5.74, 6) is 0.604. The third kappa shape index (κ3) is 3.25. The molecule has 0 spiro atoms. The van der Waals surface area contributed by atoms with Gasteiger partial charge in [-0.05, 0) is 71.1 Å². The number of hydrogen-bond acceptors (Lipinski definition) is 2. The average Bonchev–Trinajstić information content (AvgIpc) is 3.09. The van der Waals surface area contributed by atoms with Gasteiger partial charge >= 0.3 is 0 Å². The number of fused-ring (bicyclic) bond motifs is 2. The second-order valence-electron chi connectivity index (χ2n) is 7.15. The van der Waals surface area contributed by atoms with Crippen LogP contribution in [0.1, 0.15) is 11.4 Å². The highest BCUT2D eigenvalue weighted by Crippen LogP contribution is 2.23. The topological polar surface area (TPSA) is 39.8 Å². The minimum Gasteiger partial charge on any atom is -0.350 e. The molecule has 0 bridgehead atoms. The fourth-order valence-electron chi connectivity index (χ4n) is 3.78. The van der Waals surface area contributed by atoms with Crippen molar-refractivity contribution in [2.75, 3.05) is 0 Å². The zero-order valence-corrected chi connectivity index (χ0v) is 18.4. The van der Waals surface area contributed by atoms with E-state index in [4.69, 9.17) is 4.98 Å². The first kappa shape index (κ1) is 18.8. The number of benzene rings is 3. The molecule has 0 unspecified atom stereocenters. The molecule has 30 heavy (non-hydrogen) atoms. The Morgan fingerprint density at radius 2 is 1.67 bits per heavy atom. The van der Waals surface area contributed by atoms with Crippen LogP contribution in [-0.4, -0.2) is 14.1 Å². The molecule has 0 aliphatic rings. The molecule has 2 aromatic heterocycles. The van der Waals surface area contributed by atoms with Gasteiger partial charge in [-0.15, -0.1) is 0 Å². The van der Waals surface area contributed by atoms with E-state index in [1.807, 2.05) is 79.9 Å². The van der Waals surface area contributed by atoms with Crippen LogP contribution in [0.3, 0.4) is 0 Å². The second-order valence-corrected chi connectivity index (χ2v) is 8.40. The summed E-state index contributed by atoms with van der Waals surface area (Å²) >= 11 is 2.22. The maximum absolute atomic E-state index is 13.4. The number of rotatable bonds is 3. The van der Waals surface area contributed by atoms with Crippen molar-refractivity contribution < 1.29 is 0 Å². The van der Waals surface area contributed by atoms with E-state index in [0.717, 1.165) is 14.8 Å². The summed E-state index contributed by atoms with van der Waals surface area (Å²) < 4.78 is 4.80. The van der Waals surface area contributed by atoms with Gasteiger partial charge in [0, 0.05) is 33.3 Å². The lowest BCUT2D eigenvalue weighted by atomic mass is 10.1. The number of para-hydroxylation sites is 2. The minimum atomic E-state index is -0.0673. The standard InChI is InChI=1S/C25H18IN3O/c1-28-16-17(20-9-5-6-10-23(20)28)11-14-24-27-22-13-12-18(26)15-21(22)25(30)29(24)19-7-3-2-4-8-19/h2-16H,1H3. The summed E-state index contributed by atoms with van der Waals surface area (Å²) in [5, 5.41) is 1.79. The van der Waals surface area contributed by atoms with Gasteiger partial charge in [-0.2, -0.15) is 0 Å². The summed E-state index contributed by atoms with van der Waals surface area (Å²) in [6.07, 6.45) is 6.05. The van der Waals surface area contributed by atoms with Crippen molar-refractivity contribution in [3.05, 3.63) is 104 Å². The molecule has 0 radical (unpaired) electrons. The van der Waals surface area contributed by atoms with Gasteiger partial charge in [0.2, 0.25) is 0 Å². The smallest absolute Gasteiger partial charge is 0.266 e. The highest BCUT2D eigenvalue weighted by atomic mass is 127. The predicted octanol–water partition coefficient (Wildman–Crippen LogP) is 5.65. The zero-order valence-electron chi connectivity index (χ0n) is 16.3. The zero-order chi connectivity index (χ0) is 20.7. The Labute approximate surface area is 187 Å². The monoisotopic (exact) mass is 503 g/mol. The number of hydrogen-bond donors (Lipinski definition) is 0. The number of halogens is 1. The van der Waals surface area contributed by atoms with Crippen LogP contribution in [0.15, 0.2) is 83.8 Å². The maximum Gasteiger partial charge on any atom is 0.266 e. The summed E-state index contributed by atoms with van der Waals surface area (Å²) in [4.78, 5) is 18.2. The SMILES string of the molecule is Cn1cc(C=Cc2nc3ccc(I)cc3c(=O)n2-c2ccccc2)c2ccccc21. The first-order chi connectivity index (χ1) is 14.6. The van der Waals surface area contributed by atoms with E-state index in [1.165, 1.54) is 10.9 Å². The molecule has 5 heteroatoms. The van der Waals surface area contributed by atoms with E-state index >= 15 is 0 Å². The molecule has 3 aromatic carbocycles. The van der Waals surface area contributed by atoms with Crippen LogP contribution in [0, 0.1) is 3.57 Å². The van der Waals surface area contributed by atoms with Crippen molar-refractivity contribution in [3.8, 4) is 5.69 Å². The molecule has 0 fully saturated rings. The lowest BCUT2D eigenvalue weighted by Gasteiger charge is -2.11. The van der Waals surface area contributed by atoms with E-state index in [-0.39, 0.29) is 5.56 Å². The molecule has 0 aliphatic heterocycles. The van der Waals surface area contributed by atoms with E-state index < -0.39 is 0 Å². The first-order valence-corrected chi connectivity index (χ1v) is 10.7. The van der Waals surface area contributed by atoms with Crippen LogP contribution in [0.2, 0.25) is 0 Å². The summed E-state index contributed by atoms with van der Waals surface area (Å²) in [6, 6.07) is 23.7. The van der Waals surface area contributed by atoms with Gasteiger partial charge in [0.05, 0.1) is 16.6 Å². The lowest BCUT2D eigenvalue weighted by Crippen LogP contribution is -2.22. The summed E-state index contributed by atoms with van der Waals surface area (Å²) in [7, 11) is 2.04. The Morgan fingerprint density at radius 3 is 2.50 bits per heavy atom. The first-order valence-electron chi connectivity index (χ1n) is 9.62. The summed E-state index contributed by atoms with van der Waals surface area (Å²) in [6.45, 7) is 0. The van der Waals surface area contributed by atoms with Gasteiger partial charge < -0.3 is 4.57 Å². The second kappa shape index (κ2) is 7.57. The molecule has 2 heterocycles. The highest BCUT2D eigenvalue weighted by molar-refractivity contribution is 14.1. The highest BCUT2D eigenvalue weighted by Gasteiger charge is 2.12. The number of aryl methyl sites for hydroxylation is 1. The predicted molar refractivity (Wildman–Crippen MR) is 132 cm³/mol. The molecule has 0 aliphatic carbocycles. The molecule has 146 valence electrons. The van der Waals surface area contributed by atoms with Crippen LogP contribution in [0.5, 0.6) is 0 Å². The van der Waals surface area contributed by atoms with E-state index in [9.17, 15) is 4.79 Å². The van der Waals surface area contributed by atoms with E-state index in [1.54, 1.807) is 4.57 Å². The Morgan fingerprint density at radius 1 is 0.900 bits per heavy atom. The fourth-order valence-corrected chi connectivity index (χ4v) is 4.27. The van der Waals surface area contributed by atoms with Crippen molar-refractivity contribution in [1.29, 1.82) is 0 Å². The molecule has 0 saturated heterocycles. The third-order valence-corrected chi connectivity index (χ3v) is 5.88. The van der Waals surface area contributed by atoms with E-state index in [2.05, 4.69) is 45.5 Å². The van der Waals surface area contributed by atoms with Gasteiger partial charge in [-0.25, -0.2) is 4.98 Å². The van der Waals surface area contributed by atoms with Crippen molar-refractivity contribution in [2.45, 2.75) is 0 Å². The van der Waals surface area contributed by atoms with Gasteiger partial charge in [-0.3, -0.25) is 9.36 Å². The normalized spacial score (nSPS) is 11.7. The maximum atomic E-state index is 13.4. The Kier molecular flexibility index (Phi) is 4.75. The molecular formula is C25H18IN3O. The van der Waals surface area contributed by atoms with Gasteiger partial charge in [0.15, 0.2) is 0 Å². The van der Waals surface area contributed by atoms with Crippen LogP contribution in [0.25, 0.3) is 39.6 Å². The van der Waals surface area contributed by atoms with E-state index in [0.29, 0.717) is 16.7 Å². The van der Waals surface area contributed by atoms with Crippen LogP contribution < -0.4 is 5.56 Å².